The highest BCUT2D eigenvalue weighted by molar-refractivity contribution is 6.01. The van der Waals surface area contributed by atoms with Crippen LogP contribution in [0.25, 0.3) is 0 Å². The Bertz CT molecular complexity index is 1540. The van der Waals surface area contributed by atoms with Crippen molar-refractivity contribution in [3.05, 3.63) is 101 Å². The molecule has 248 valence electrons. The fourth-order valence-electron chi connectivity index (χ4n) is 5.81. The second-order valence-corrected chi connectivity index (χ2v) is 12.0. The van der Waals surface area contributed by atoms with Crippen LogP contribution in [0, 0.1) is 0 Å². The summed E-state index contributed by atoms with van der Waals surface area (Å²) in [4.78, 5) is 57.7. The predicted octanol–water partition coefficient (Wildman–Crippen LogP) is 2.29. The first-order chi connectivity index (χ1) is 22.8. The second kappa shape index (κ2) is 16.2. The Morgan fingerprint density at radius 2 is 1.60 bits per heavy atom. The van der Waals surface area contributed by atoms with Gasteiger partial charge in [-0.1, -0.05) is 66.7 Å². The van der Waals surface area contributed by atoms with E-state index in [4.69, 9.17) is 9.47 Å². The molecule has 5 rings (SSSR count). The van der Waals surface area contributed by atoms with E-state index < -0.39 is 29.8 Å². The molecule has 0 radical (unpaired) electrons. The first kappa shape index (κ1) is 33.6. The van der Waals surface area contributed by atoms with Crippen LogP contribution in [0.3, 0.4) is 0 Å². The number of rotatable bonds is 7. The number of para-hydroxylation sites is 1. The molecule has 47 heavy (non-hydrogen) atoms. The van der Waals surface area contributed by atoms with Crippen LogP contribution in [-0.4, -0.2) is 91.5 Å². The van der Waals surface area contributed by atoms with Gasteiger partial charge in [-0.15, -0.1) is 0 Å². The lowest BCUT2D eigenvalue weighted by Crippen LogP contribution is -2.53. The largest absolute Gasteiger partial charge is 0.491 e. The number of likely N-dealkylation sites (N-methyl/N-ethyl adjacent to an activating group) is 1. The Morgan fingerprint density at radius 3 is 2.38 bits per heavy atom. The van der Waals surface area contributed by atoms with E-state index in [9.17, 15) is 19.2 Å². The summed E-state index contributed by atoms with van der Waals surface area (Å²) in [6.07, 6.45) is 0.156. The molecule has 0 spiro atoms. The normalized spacial score (nSPS) is 21.4. The molecule has 2 aliphatic heterocycles. The van der Waals surface area contributed by atoms with Crippen molar-refractivity contribution >= 4 is 23.6 Å². The lowest BCUT2D eigenvalue weighted by Gasteiger charge is -2.31. The standard InChI is InChI=1S/C36H43N5O6/c1-25-36(45)40(2)29(20-26-9-4-3-5-10-26)24-47-32-14-7-6-13-30(32)34(43)39-31(21-33(42)38-25)35(44)37-22-27-11-8-12-28(19-27)23-41-15-17-46-18-16-41/h3-14,19,25,29,31H,15-18,20-24H2,1-2H3,(H,37,44)(H,38,42)(H,39,43)/t25-,29-,31-/m0/s1. The van der Waals surface area contributed by atoms with Crippen molar-refractivity contribution in [3.8, 4) is 5.75 Å². The zero-order valence-corrected chi connectivity index (χ0v) is 26.9. The molecular formula is C36H43N5O6. The fourth-order valence-corrected chi connectivity index (χ4v) is 5.81. The molecule has 11 heteroatoms. The van der Waals surface area contributed by atoms with E-state index in [2.05, 4.69) is 20.9 Å². The Balaban J connectivity index is 1.32. The van der Waals surface area contributed by atoms with Crippen LogP contribution in [0.5, 0.6) is 5.75 Å². The number of amides is 4. The van der Waals surface area contributed by atoms with E-state index >= 15 is 0 Å². The highest BCUT2D eigenvalue weighted by Crippen LogP contribution is 2.21. The van der Waals surface area contributed by atoms with E-state index in [0.717, 1.165) is 36.3 Å². The maximum Gasteiger partial charge on any atom is 0.255 e. The van der Waals surface area contributed by atoms with Gasteiger partial charge in [0.2, 0.25) is 17.7 Å². The van der Waals surface area contributed by atoms with Crippen molar-refractivity contribution in [1.29, 1.82) is 0 Å². The van der Waals surface area contributed by atoms with Crippen LogP contribution >= 0.6 is 0 Å². The fraction of sp³-hybridized carbons (Fsp3) is 0.389. The average molecular weight is 642 g/mol. The number of nitrogens with one attached hydrogen (secondary N) is 3. The summed E-state index contributed by atoms with van der Waals surface area (Å²) < 4.78 is 11.6. The van der Waals surface area contributed by atoms with Crippen molar-refractivity contribution < 1.29 is 28.7 Å². The summed E-state index contributed by atoms with van der Waals surface area (Å²) in [7, 11) is 1.68. The summed E-state index contributed by atoms with van der Waals surface area (Å²) in [6.45, 7) is 5.88. The molecule has 11 nitrogen and oxygen atoms in total. The van der Waals surface area contributed by atoms with Gasteiger partial charge in [0, 0.05) is 33.2 Å². The molecule has 3 aromatic rings. The Morgan fingerprint density at radius 1 is 0.894 bits per heavy atom. The SMILES string of the molecule is C[C@@H]1NC(=O)C[C@@H](C(=O)NCc2cccc(CN3CCOCC3)c2)NC(=O)c2ccccc2OC[C@H](Cc2ccccc2)N(C)C1=O. The van der Waals surface area contributed by atoms with Crippen molar-refractivity contribution in [3.63, 3.8) is 0 Å². The highest BCUT2D eigenvalue weighted by atomic mass is 16.5. The summed E-state index contributed by atoms with van der Waals surface area (Å²) in [5, 5.41) is 8.34. The number of morpholine rings is 1. The first-order valence-corrected chi connectivity index (χ1v) is 16.0. The molecule has 4 amide bonds. The van der Waals surface area contributed by atoms with E-state index in [-0.39, 0.29) is 37.1 Å². The first-order valence-electron chi connectivity index (χ1n) is 16.0. The number of benzene rings is 3. The Labute approximate surface area is 275 Å². The third-order valence-corrected chi connectivity index (χ3v) is 8.50. The Kier molecular flexibility index (Phi) is 11.6. The Hall–Kier alpha value is -4.74. The van der Waals surface area contributed by atoms with Crippen molar-refractivity contribution in [2.45, 2.75) is 51.0 Å². The van der Waals surface area contributed by atoms with Crippen molar-refractivity contribution in [2.24, 2.45) is 0 Å². The van der Waals surface area contributed by atoms with Gasteiger partial charge in [-0.3, -0.25) is 24.1 Å². The van der Waals surface area contributed by atoms with Gasteiger partial charge in [-0.05, 0) is 42.2 Å². The van der Waals surface area contributed by atoms with Crippen LogP contribution in [0.4, 0.5) is 0 Å². The summed E-state index contributed by atoms with van der Waals surface area (Å²) in [5.41, 5.74) is 3.25. The van der Waals surface area contributed by atoms with Gasteiger partial charge in [0.1, 0.15) is 24.4 Å². The van der Waals surface area contributed by atoms with Crippen LogP contribution < -0.4 is 20.7 Å². The molecule has 3 aromatic carbocycles. The quantitative estimate of drug-likeness (QED) is 0.361. The number of carbonyl (C=O) groups is 4. The molecular weight excluding hydrogens is 598 g/mol. The van der Waals surface area contributed by atoms with Gasteiger partial charge in [-0.2, -0.15) is 0 Å². The summed E-state index contributed by atoms with van der Waals surface area (Å²) >= 11 is 0. The molecule has 0 saturated carbocycles. The lowest BCUT2D eigenvalue weighted by molar-refractivity contribution is -0.137. The zero-order valence-electron chi connectivity index (χ0n) is 26.9. The summed E-state index contributed by atoms with van der Waals surface area (Å²) in [6, 6.07) is 22.0. The van der Waals surface area contributed by atoms with Gasteiger partial charge in [-0.25, -0.2) is 0 Å². The van der Waals surface area contributed by atoms with E-state index in [1.807, 2.05) is 54.6 Å². The average Bonchev–Trinajstić information content (AvgIpc) is 3.08. The molecule has 2 heterocycles. The van der Waals surface area contributed by atoms with Gasteiger partial charge in [0.05, 0.1) is 31.2 Å². The molecule has 0 aliphatic carbocycles. The number of fused-ring (bicyclic) bond motifs is 1. The third-order valence-electron chi connectivity index (χ3n) is 8.50. The van der Waals surface area contributed by atoms with Crippen LogP contribution in [0.1, 0.15) is 40.4 Å². The minimum Gasteiger partial charge on any atom is -0.491 e. The highest BCUT2D eigenvalue weighted by Gasteiger charge is 2.30. The van der Waals surface area contributed by atoms with Crippen LogP contribution in [-0.2, 0) is 38.6 Å². The van der Waals surface area contributed by atoms with Crippen LogP contribution in [0.2, 0.25) is 0 Å². The van der Waals surface area contributed by atoms with Crippen molar-refractivity contribution in [1.82, 2.24) is 25.8 Å². The molecule has 0 unspecified atom stereocenters. The maximum absolute atomic E-state index is 13.6. The number of ether oxygens (including phenoxy) is 2. The van der Waals surface area contributed by atoms with E-state index in [1.165, 1.54) is 0 Å². The minimum atomic E-state index is -1.19. The van der Waals surface area contributed by atoms with Gasteiger partial charge in [0.25, 0.3) is 5.91 Å². The minimum absolute atomic E-state index is 0.108. The predicted molar refractivity (Wildman–Crippen MR) is 177 cm³/mol. The number of carbonyl (C=O) groups excluding carboxylic acids is 4. The van der Waals surface area contributed by atoms with E-state index in [1.54, 1.807) is 43.1 Å². The molecule has 1 saturated heterocycles. The third kappa shape index (κ3) is 9.40. The maximum atomic E-state index is 13.6. The van der Waals surface area contributed by atoms with E-state index in [0.29, 0.717) is 25.4 Å². The van der Waals surface area contributed by atoms with Crippen molar-refractivity contribution in [2.75, 3.05) is 40.0 Å². The molecule has 3 N–H and O–H groups in total. The van der Waals surface area contributed by atoms with Gasteiger partial charge < -0.3 is 30.3 Å². The number of hydrogen-bond acceptors (Lipinski definition) is 7. The monoisotopic (exact) mass is 641 g/mol. The van der Waals surface area contributed by atoms with Gasteiger partial charge >= 0.3 is 0 Å². The smallest absolute Gasteiger partial charge is 0.255 e. The second-order valence-electron chi connectivity index (χ2n) is 12.0. The van der Waals surface area contributed by atoms with Crippen LogP contribution in [0.15, 0.2) is 78.9 Å². The number of hydrogen-bond donors (Lipinski definition) is 3. The molecule has 0 bridgehead atoms. The molecule has 1 fully saturated rings. The topological polar surface area (TPSA) is 129 Å². The molecule has 0 aromatic heterocycles. The molecule has 3 atom stereocenters. The molecule has 2 aliphatic rings. The number of nitrogens with zero attached hydrogens (tertiary/aromatic N) is 2. The van der Waals surface area contributed by atoms with Gasteiger partial charge in [0.15, 0.2) is 0 Å². The zero-order chi connectivity index (χ0) is 33.2. The lowest BCUT2D eigenvalue weighted by atomic mass is 10.0. The summed E-state index contributed by atoms with van der Waals surface area (Å²) in [5.74, 6) is -1.58.